The van der Waals surface area contributed by atoms with E-state index in [-0.39, 0.29) is 0 Å². The van der Waals surface area contributed by atoms with Gasteiger partial charge in [0.1, 0.15) is 5.75 Å². The summed E-state index contributed by atoms with van der Waals surface area (Å²) in [5, 5.41) is 19.6. The van der Waals surface area contributed by atoms with Crippen molar-refractivity contribution < 1.29 is 24.5 Å². The third kappa shape index (κ3) is 3.39. The zero-order valence-corrected chi connectivity index (χ0v) is 13.1. The number of carboxylic acids is 1. The Bertz CT molecular complexity index is 697. The molecule has 6 nitrogen and oxygen atoms in total. The van der Waals surface area contributed by atoms with Gasteiger partial charge in [0.2, 0.25) is 5.78 Å². The van der Waals surface area contributed by atoms with E-state index in [1.54, 1.807) is 36.4 Å². The number of aliphatic carboxylic acids is 1. The van der Waals surface area contributed by atoms with Gasteiger partial charge < -0.3 is 14.9 Å². The second kappa shape index (κ2) is 6.59. The number of carboxylic acid groups (broad SMARTS) is 1. The molecular weight excluding hydrogens is 310 g/mol. The first-order chi connectivity index (χ1) is 11.5. The van der Waals surface area contributed by atoms with E-state index in [4.69, 9.17) is 9.84 Å². The molecule has 2 unspecified atom stereocenters. The van der Waals surface area contributed by atoms with Crippen LogP contribution >= 0.6 is 0 Å². The molecule has 2 aliphatic rings. The molecule has 0 radical (unpaired) electrons. The lowest BCUT2D eigenvalue weighted by Gasteiger charge is -2.28. The van der Waals surface area contributed by atoms with Crippen molar-refractivity contribution >= 4 is 11.8 Å². The van der Waals surface area contributed by atoms with E-state index in [0.29, 0.717) is 37.4 Å². The Morgan fingerprint density at radius 3 is 2.75 bits per heavy atom. The number of hydrogen-bond acceptors (Lipinski definition) is 5. The molecule has 2 atom stereocenters. The molecule has 24 heavy (non-hydrogen) atoms. The average Bonchev–Trinajstić information content (AvgIpc) is 3.02. The zero-order valence-electron chi connectivity index (χ0n) is 13.1. The Morgan fingerprint density at radius 2 is 2.08 bits per heavy atom. The first kappa shape index (κ1) is 16.4. The molecule has 0 spiro atoms. The Kier molecular flexibility index (Phi) is 4.51. The smallest absolute Gasteiger partial charge is 0.307 e. The number of Topliss-reactive ketones (excluding diaryl/α,β-unsaturated/α-hetero) is 1. The van der Waals surface area contributed by atoms with Gasteiger partial charge in [-0.25, -0.2) is 0 Å². The number of ketones is 1. The minimum absolute atomic E-state index is 0.299. The first-order valence-corrected chi connectivity index (χ1v) is 7.83. The number of ether oxygens (including phenoxy) is 1. The highest BCUT2D eigenvalue weighted by atomic mass is 16.6. The van der Waals surface area contributed by atoms with E-state index in [0.717, 1.165) is 0 Å². The van der Waals surface area contributed by atoms with Crippen LogP contribution in [-0.4, -0.2) is 52.3 Å². The topological polar surface area (TPSA) is 87.1 Å². The summed E-state index contributed by atoms with van der Waals surface area (Å²) in [4.78, 5) is 25.6. The molecule has 1 saturated heterocycles. The van der Waals surface area contributed by atoms with Crippen molar-refractivity contribution in [1.29, 1.82) is 0 Å². The van der Waals surface area contributed by atoms with E-state index < -0.39 is 23.5 Å². The van der Waals surface area contributed by atoms with Crippen LogP contribution in [0.15, 0.2) is 54.1 Å². The lowest BCUT2D eigenvalue weighted by molar-refractivity contribution is -0.154. The maximum Gasteiger partial charge on any atom is 0.307 e. The molecule has 1 aliphatic heterocycles. The average molecular weight is 329 g/mol. The minimum atomic E-state index is -2.03. The molecule has 0 bridgehead atoms. The molecule has 2 N–H and O–H groups in total. The quantitative estimate of drug-likeness (QED) is 0.790. The highest BCUT2D eigenvalue weighted by Crippen LogP contribution is 2.26. The Morgan fingerprint density at radius 1 is 1.33 bits per heavy atom. The van der Waals surface area contributed by atoms with Crippen LogP contribution in [0.25, 0.3) is 0 Å². The predicted octanol–water partition coefficient (Wildman–Crippen LogP) is 1.23. The number of carbonyl (C=O) groups excluding carboxylic acids is 1. The number of aliphatic hydroxyl groups is 1. The Hall–Kier alpha value is -2.44. The summed E-state index contributed by atoms with van der Waals surface area (Å²) in [7, 11) is 0. The molecule has 0 saturated carbocycles. The molecule has 1 heterocycles. The molecule has 3 rings (SSSR count). The number of rotatable bonds is 5. The fourth-order valence-electron chi connectivity index (χ4n) is 2.97. The van der Waals surface area contributed by atoms with E-state index in [2.05, 4.69) is 0 Å². The van der Waals surface area contributed by atoms with Crippen LogP contribution in [0.3, 0.4) is 0 Å². The van der Waals surface area contributed by atoms with Gasteiger partial charge in [0.05, 0.1) is 5.92 Å². The molecule has 1 aromatic carbocycles. The Labute approximate surface area is 139 Å². The lowest BCUT2D eigenvalue weighted by atomic mass is 9.97. The van der Waals surface area contributed by atoms with Gasteiger partial charge in [0, 0.05) is 18.7 Å². The second-order valence-corrected chi connectivity index (χ2v) is 6.05. The number of likely N-dealkylation sites (tertiary alicyclic amines) is 1. The number of hydrogen-bond donors (Lipinski definition) is 2. The molecule has 0 aromatic heterocycles. The third-order valence-corrected chi connectivity index (χ3v) is 4.27. The molecule has 1 fully saturated rings. The summed E-state index contributed by atoms with van der Waals surface area (Å²) in [6.07, 6.45) is 5.11. The normalized spacial score (nSPS) is 27.1. The number of nitrogens with zero attached hydrogens (tertiary/aromatic N) is 1. The fraction of sp³-hybridized carbons (Fsp3) is 0.333. The van der Waals surface area contributed by atoms with Gasteiger partial charge in [-0.2, -0.15) is 0 Å². The second-order valence-electron chi connectivity index (χ2n) is 6.05. The lowest BCUT2D eigenvalue weighted by Crippen LogP contribution is -2.46. The van der Waals surface area contributed by atoms with E-state index in [1.807, 2.05) is 11.0 Å². The van der Waals surface area contributed by atoms with Crippen molar-refractivity contribution in [2.75, 3.05) is 19.6 Å². The summed E-state index contributed by atoms with van der Waals surface area (Å²) in [6, 6.07) is 8.64. The van der Waals surface area contributed by atoms with E-state index in [9.17, 15) is 14.7 Å². The van der Waals surface area contributed by atoms with Crippen molar-refractivity contribution in [1.82, 2.24) is 4.90 Å². The van der Waals surface area contributed by atoms with Crippen molar-refractivity contribution in [3.8, 4) is 5.75 Å². The molecule has 6 heteroatoms. The van der Waals surface area contributed by atoms with Crippen LogP contribution in [-0.2, 0) is 9.59 Å². The fourth-order valence-corrected chi connectivity index (χ4v) is 2.97. The van der Waals surface area contributed by atoms with Gasteiger partial charge in [0.15, 0.2) is 0 Å². The van der Waals surface area contributed by atoms with Crippen LogP contribution in [0, 0.1) is 5.92 Å². The first-order valence-electron chi connectivity index (χ1n) is 7.83. The number of para-hydroxylation sites is 1. The minimum Gasteiger partial charge on any atom is -0.481 e. The van der Waals surface area contributed by atoms with E-state index >= 15 is 0 Å². The monoisotopic (exact) mass is 329 g/mol. The van der Waals surface area contributed by atoms with Crippen molar-refractivity contribution in [2.45, 2.75) is 12.2 Å². The maximum atomic E-state index is 12.6. The molecule has 1 aliphatic carbocycles. The summed E-state index contributed by atoms with van der Waals surface area (Å²) < 4.78 is 5.47. The maximum absolute atomic E-state index is 12.6. The number of benzene rings is 1. The highest BCUT2D eigenvalue weighted by molar-refractivity contribution is 6.04. The van der Waals surface area contributed by atoms with Gasteiger partial charge in [-0.05, 0) is 31.2 Å². The number of carbonyl (C=O) groups is 2. The van der Waals surface area contributed by atoms with Crippen LogP contribution in [0.5, 0.6) is 5.75 Å². The van der Waals surface area contributed by atoms with Gasteiger partial charge in [0.25, 0.3) is 5.79 Å². The highest BCUT2D eigenvalue weighted by Gasteiger charge is 2.40. The van der Waals surface area contributed by atoms with Crippen LogP contribution in [0.2, 0.25) is 0 Å². The Balaban J connectivity index is 1.68. The molecule has 1 aromatic rings. The van der Waals surface area contributed by atoms with Crippen LogP contribution < -0.4 is 4.74 Å². The van der Waals surface area contributed by atoms with Gasteiger partial charge in [-0.3, -0.25) is 14.5 Å². The molecule has 0 amide bonds. The van der Waals surface area contributed by atoms with Gasteiger partial charge >= 0.3 is 5.97 Å². The third-order valence-electron chi connectivity index (χ3n) is 4.27. The largest absolute Gasteiger partial charge is 0.481 e. The van der Waals surface area contributed by atoms with Gasteiger partial charge in [-0.1, -0.05) is 30.4 Å². The SMILES string of the molecule is O=C(O)C1CCN(CC2=CC=CC(O)(Oc3ccccc3)C2=O)C1. The van der Waals surface area contributed by atoms with Crippen molar-refractivity contribution in [3.63, 3.8) is 0 Å². The summed E-state index contributed by atoms with van der Waals surface area (Å²) >= 11 is 0. The standard InChI is InChI=1S/C18H19NO5/c20-16-13(11-19-10-8-14(12-19)17(21)22)5-4-9-18(16,23)24-15-6-2-1-3-7-15/h1-7,9,14,23H,8,10-12H2,(H,21,22). The van der Waals surface area contributed by atoms with Crippen molar-refractivity contribution in [2.24, 2.45) is 5.92 Å². The number of allylic oxidation sites excluding steroid dienone is 2. The van der Waals surface area contributed by atoms with Crippen molar-refractivity contribution in [3.05, 3.63) is 54.1 Å². The van der Waals surface area contributed by atoms with Gasteiger partial charge in [-0.15, -0.1) is 0 Å². The molecule has 126 valence electrons. The summed E-state index contributed by atoms with van der Waals surface area (Å²) in [5.41, 5.74) is 0.405. The van der Waals surface area contributed by atoms with E-state index in [1.165, 1.54) is 6.08 Å². The zero-order chi connectivity index (χ0) is 17.2. The predicted molar refractivity (Wildman–Crippen MR) is 86.4 cm³/mol. The van der Waals surface area contributed by atoms with Crippen LogP contribution in [0.1, 0.15) is 6.42 Å². The molecular formula is C18H19NO5. The van der Waals surface area contributed by atoms with Crippen LogP contribution in [0.4, 0.5) is 0 Å². The summed E-state index contributed by atoms with van der Waals surface area (Å²) in [6.45, 7) is 1.32. The summed E-state index contributed by atoms with van der Waals surface area (Å²) in [5.74, 6) is -3.37.